The summed E-state index contributed by atoms with van der Waals surface area (Å²) in [6.07, 6.45) is 21.5. The lowest BCUT2D eigenvalue weighted by molar-refractivity contribution is -0.136. The van der Waals surface area contributed by atoms with Gasteiger partial charge in [0.2, 0.25) is 47.3 Å². The number of ketones is 6. The number of aliphatic hydroxyl groups excluding tert-OH is 1. The summed E-state index contributed by atoms with van der Waals surface area (Å²) in [5, 5.41) is 38.8. The number of imidazole rings is 3. The topological polar surface area (TPSA) is 678 Å². The van der Waals surface area contributed by atoms with E-state index in [0.717, 1.165) is 18.5 Å². The molecule has 3 aromatic heterocycles. The van der Waals surface area contributed by atoms with Crippen molar-refractivity contribution in [1.29, 1.82) is 0 Å². The number of nitrogens with zero attached hydrogens (tertiary/aromatic N) is 6. The summed E-state index contributed by atoms with van der Waals surface area (Å²) in [6, 6.07) is -0.540. The molecular formula is C94H155N23O17. The zero-order chi connectivity index (χ0) is 99.8. The molecule has 0 aliphatic rings. The van der Waals surface area contributed by atoms with Crippen LogP contribution < -0.4 is 77.4 Å². The summed E-state index contributed by atoms with van der Waals surface area (Å²) in [6.45, 7) is 18.6. The number of aliphatic hydroxyl groups is 1. The highest BCUT2D eigenvalue weighted by Gasteiger charge is 2.38. The van der Waals surface area contributed by atoms with Gasteiger partial charge in [-0.15, -0.1) is 0 Å². The highest BCUT2D eigenvalue weighted by Crippen LogP contribution is 2.26. The van der Waals surface area contributed by atoms with Crippen LogP contribution in [0.5, 0.6) is 5.75 Å². The fraction of sp³-hybridized carbons (Fsp3) is 0.660. The molecular weight excluding hydrogens is 1720 g/mol. The molecule has 12 atom stereocenters. The number of aromatic hydroxyl groups is 1. The first kappa shape index (κ1) is 116. The summed E-state index contributed by atoms with van der Waals surface area (Å²) in [4.78, 5) is 224. The van der Waals surface area contributed by atoms with Crippen molar-refractivity contribution in [1.82, 2.24) is 67.1 Å². The number of unbranched alkanes of at least 4 members (excludes halogenated alkanes) is 9. The number of benzene rings is 1. The van der Waals surface area contributed by atoms with Crippen LogP contribution in [-0.4, -0.2) is 223 Å². The Morgan fingerprint density at radius 2 is 0.821 bits per heavy atom. The maximum atomic E-state index is 14.8. The van der Waals surface area contributed by atoms with Crippen molar-refractivity contribution >= 4 is 99.8 Å². The van der Waals surface area contributed by atoms with Crippen LogP contribution in [-0.2, 0) is 97.5 Å². The molecule has 0 aliphatic heterocycles. The predicted molar refractivity (Wildman–Crippen MR) is 511 cm³/mol. The van der Waals surface area contributed by atoms with Gasteiger partial charge >= 0.3 is 0 Å². The van der Waals surface area contributed by atoms with Crippen molar-refractivity contribution in [3.63, 3.8) is 0 Å². The van der Waals surface area contributed by atoms with Crippen molar-refractivity contribution in [2.45, 2.75) is 292 Å². The number of phenols is 1. The van der Waals surface area contributed by atoms with Gasteiger partial charge in [0, 0.05) is 163 Å². The molecule has 0 fully saturated rings. The van der Waals surface area contributed by atoms with Crippen LogP contribution >= 0.6 is 0 Å². The lowest BCUT2D eigenvalue weighted by Crippen LogP contribution is -2.50. The standard InChI is InChI=1S/C56H92N16O11.C38H63N7O6/c1-31(2)20-36(51(81)72-44(29-73)49(57)79)26-48(78)43(21-32(3)4)71-50(80)35(10-7-17-65-54(58)59)24-46(76)41(11-8-18-66-55(60)61)70-53(83)38(23-39-28-64-30-68-39)27-47(77)42(12-9-19-67-56(62)63)69-52(82)37(25-45(75)33(5)6)22-34-13-15-40(74)16-14-34;1-6-7-8-9-10-11-12-13-14-15-17-51-18-16-35(48)44-32(22-31-24-41-26-43-31)33(46)19-28(4)37(49)45-36(27(2)3)34(47)21-29(38(50)39-5)20-30-23-40-25-42-30/h13-16,28,30-33,35-38,41-44,73-74H,7-12,17-27,29H2,1-6H3,(H2,57,79)(H,64,68)(H,69,82)(H,70,83)(H,71,80)(H,72,81)(H4,58,59,65)(H4,60,61,66)(H4,62,63,67);23-29,32,36H,6-22H2,1-5H3,(H,39,50)(H,40,42)(H,41,43)(H,44,48)(H,45,49)/t35-,36-,37-,38-,41+,42+,43+,44+;28-,29-,32+,36+/m11/s1. The van der Waals surface area contributed by atoms with Gasteiger partial charge in [0.05, 0.1) is 74.2 Å². The van der Waals surface area contributed by atoms with Crippen LogP contribution in [0.2, 0.25) is 0 Å². The minimum atomic E-state index is -1.39. The molecule has 0 unspecified atom stereocenters. The molecule has 0 aliphatic carbocycles. The summed E-state index contributed by atoms with van der Waals surface area (Å²) >= 11 is 0. The Labute approximate surface area is 788 Å². The van der Waals surface area contributed by atoms with E-state index in [2.05, 4.69) is 89.0 Å². The number of aliphatic imine (C=N–C) groups is 3. The quantitative estimate of drug-likeness (QED) is 0.0166. The molecule has 40 nitrogen and oxygen atoms in total. The van der Waals surface area contributed by atoms with Crippen LogP contribution in [0.3, 0.4) is 0 Å². The monoisotopic (exact) mass is 1880 g/mol. The van der Waals surface area contributed by atoms with Crippen molar-refractivity contribution in [3.05, 3.63) is 84.5 Å². The van der Waals surface area contributed by atoms with Gasteiger partial charge in [0.15, 0.2) is 46.8 Å². The molecule has 134 heavy (non-hydrogen) atoms. The number of primary amides is 1. The number of hydrogen-bond donors (Lipinski definition) is 19. The Morgan fingerprint density at radius 1 is 0.410 bits per heavy atom. The highest BCUT2D eigenvalue weighted by atomic mass is 16.5. The molecule has 26 N–H and O–H groups in total. The molecule has 40 heteroatoms. The number of aromatic amines is 3. The fourth-order valence-electron chi connectivity index (χ4n) is 15.2. The SMILES string of the molecule is CC(C)C[C@H](CC(=O)[C@H](CC(C)C)NC(=O)[C@H](CCCN=C(N)N)CC(=O)[C@H](CCCN=C(N)N)NC(=O)[C@@H](CC(=O)[C@H](CCCN=C(N)N)NC(=O)[C@@H](CC(=O)C(C)C)Cc1ccc(O)cc1)Cc1cnc[nH]1)C(=O)N[C@@H](CO)C(N)=O.CCCCCCCCCCCCOCCC(=O)N[C@@H](Cc1cnc[nH]1)C(=O)C[C@@H](C)C(=O)N[C@H](C(=O)C[C@@H](Cc1cnc[nH]1)C(=O)NC)C(C)C. The number of aromatic nitrogens is 6. The smallest absolute Gasteiger partial charge is 0.242 e. The molecule has 4 rings (SSSR count). The number of H-pyrrole nitrogens is 3. The predicted octanol–water partition coefficient (Wildman–Crippen LogP) is 4.32. The van der Waals surface area contributed by atoms with Crippen molar-refractivity contribution < 1.29 is 82.1 Å². The maximum absolute atomic E-state index is 14.8. The summed E-state index contributed by atoms with van der Waals surface area (Å²) in [5.41, 5.74) is 41.4. The molecule has 0 bridgehead atoms. The van der Waals surface area contributed by atoms with Gasteiger partial charge in [0.25, 0.3) is 0 Å². The second kappa shape index (κ2) is 64.9. The number of guanidine groups is 3. The third kappa shape index (κ3) is 48.7. The lowest BCUT2D eigenvalue weighted by atomic mass is 9.87. The number of hydrogen-bond acceptors (Lipinski definition) is 23. The molecule has 8 amide bonds. The number of Topliss-reactive ketones (excluding diaryl/α,β-unsaturated/α-hetero) is 6. The first-order valence-corrected chi connectivity index (χ1v) is 47.2. The van der Waals surface area contributed by atoms with E-state index in [1.54, 1.807) is 45.3 Å². The van der Waals surface area contributed by atoms with Gasteiger partial charge < -0.3 is 107 Å². The van der Waals surface area contributed by atoms with Gasteiger partial charge in [-0.3, -0.25) is 82.1 Å². The number of ether oxygens (including phenoxy) is 1. The first-order valence-electron chi connectivity index (χ1n) is 47.2. The minimum absolute atomic E-state index is 0.00989. The van der Waals surface area contributed by atoms with E-state index in [9.17, 15) is 77.3 Å². The van der Waals surface area contributed by atoms with E-state index in [4.69, 9.17) is 44.9 Å². The van der Waals surface area contributed by atoms with Crippen LogP contribution in [0.1, 0.15) is 252 Å². The molecule has 0 spiro atoms. The van der Waals surface area contributed by atoms with Crippen molar-refractivity contribution in [2.24, 2.45) is 114 Å². The number of amides is 8. The average Bonchev–Trinajstić information content (AvgIpc) is 1.43. The summed E-state index contributed by atoms with van der Waals surface area (Å²) in [7, 11) is 1.52. The average molecular weight is 1880 g/mol. The number of phenolic OH excluding ortho intramolecular Hbond substituents is 1. The molecule has 0 radical (unpaired) electrons. The lowest BCUT2D eigenvalue weighted by Gasteiger charge is -2.27. The molecule has 0 saturated carbocycles. The van der Waals surface area contributed by atoms with Gasteiger partial charge in [-0.05, 0) is 99.7 Å². The largest absolute Gasteiger partial charge is 0.508 e. The third-order valence-corrected chi connectivity index (χ3v) is 22.8. The molecule has 0 saturated heterocycles. The fourth-order valence-corrected chi connectivity index (χ4v) is 15.2. The number of nitrogens with one attached hydrogen (secondary N) is 10. The maximum Gasteiger partial charge on any atom is 0.242 e. The Kier molecular flexibility index (Phi) is 56.4. The van der Waals surface area contributed by atoms with Crippen LogP contribution in [0.25, 0.3) is 0 Å². The van der Waals surface area contributed by atoms with E-state index in [-0.39, 0.29) is 200 Å². The number of carbonyl (C=O) groups is 14. The second-order valence-electron chi connectivity index (χ2n) is 36.2. The molecule has 1 aromatic carbocycles. The van der Waals surface area contributed by atoms with Crippen molar-refractivity contribution in [2.75, 3.05) is 46.5 Å². The first-order chi connectivity index (χ1) is 63.6. The molecule has 3 heterocycles. The number of nitrogens with two attached hydrogens (primary N) is 7. The number of rotatable bonds is 71. The normalized spacial score (nSPS) is 14.0. The van der Waals surface area contributed by atoms with Gasteiger partial charge in [-0.25, -0.2) is 15.0 Å². The zero-order valence-electron chi connectivity index (χ0n) is 80.5. The van der Waals surface area contributed by atoms with Gasteiger partial charge in [-0.1, -0.05) is 139 Å². The minimum Gasteiger partial charge on any atom is -0.508 e. The Bertz CT molecular complexity index is 4300. The summed E-state index contributed by atoms with van der Waals surface area (Å²) < 4.78 is 5.70. The second-order valence-corrected chi connectivity index (χ2v) is 36.2. The highest BCUT2D eigenvalue weighted by molar-refractivity contribution is 5.99. The van der Waals surface area contributed by atoms with E-state index in [1.807, 2.05) is 41.5 Å². The third-order valence-electron chi connectivity index (χ3n) is 22.8. The van der Waals surface area contributed by atoms with Gasteiger partial charge in [-0.2, -0.15) is 0 Å². The molecule has 748 valence electrons. The van der Waals surface area contributed by atoms with E-state index < -0.39 is 150 Å². The Balaban J connectivity index is 0.000000773. The zero-order valence-corrected chi connectivity index (χ0v) is 80.5. The van der Waals surface area contributed by atoms with Crippen molar-refractivity contribution in [3.8, 4) is 5.75 Å². The Hall–Kier alpha value is -11.8. The van der Waals surface area contributed by atoms with E-state index >= 15 is 0 Å². The Morgan fingerprint density at radius 3 is 1.28 bits per heavy atom. The van der Waals surface area contributed by atoms with E-state index in [1.165, 1.54) is 95.7 Å². The number of carbonyl (C=O) groups excluding carboxylic acids is 14. The molecule has 4 aromatic rings. The van der Waals surface area contributed by atoms with Crippen LogP contribution in [0.15, 0.2) is 76.8 Å². The van der Waals surface area contributed by atoms with Gasteiger partial charge in [0.1, 0.15) is 17.6 Å². The summed E-state index contributed by atoms with van der Waals surface area (Å²) in [5.74, 6) is -14.2. The van der Waals surface area contributed by atoms with Crippen LogP contribution in [0, 0.1) is 59.2 Å². The van der Waals surface area contributed by atoms with Crippen LogP contribution in [0.4, 0.5) is 0 Å². The van der Waals surface area contributed by atoms with E-state index in [0.29, 0.717) is 30.0 Å².